The van der Waals surface area contributed by atoms with Crippen molar-refractivity contribution in [2.45, 2.75) is 46.0 Å². The lowest BCUT2D eigenvalue weighted by atomic mass is 10.1. The molecular weight excluding hydrogens is 194 g/mol. The predicted molar refractivity (Wildman–Crippen MR) is 61.7 cm³/mol. The van der Waals surface area contributed by atoms with Crippen molar-refractivity contribution in [1.82, 2.24) is 4.98 Å². The molecule has 3 nitrogen and oxygen atoms in total. The van der Waals surface area contributed by atoms with E-state index in [1.807, 2.05) is 0 Å². The summed E-state index contributed by atoms with van der Waals surface area (Å²) in [5, 5.41) is 0. The van der Waals surface area contributed by atoms with Gasteiger partial charge in [-0.2, -0.15) is 0 Å². The van der Waals surface area contributed by atoms with E-state index in [4.69, 9.17) is 4.74 Å². The summed E-state index contributed by atoms with van der Waals surface area (Å²) in [5.74, 6) is 0.365. The van der Waals surface area contributed by atoms with Gasteiger partial charge in [0, 0.05) is 0 Å². The fourth-order valence-corrected chi connectivity index (χ4v) is 2.63. The fraction of sp³-hybridized carbons (Fsp3) is 0.900. The molecule has 0 amide bonds. The van der Waals surface area contributed by atoms with Crippen LogP contribution in [0.15, 0.2) is 0 Å². The maximum Gasteiger partial charge on any atom is 0.322 e. The van der Waals surface area contributed by atoms with Gasteiger partial charge in [-0.3, -0.25) is 4.79 Å². The Morgan fingerprint density at radius 3 is 2.14 bits per heavy atom. The van der Waals surface area contributed by atoms with Crippen molar-refractivity contribution in [3.05, 3.63) is 0 Å². The van der Waals surface area contributed by atoms with Crippen LogP contribution in [-0.2, 0) is 9.53 Å². The van der Waals surface area contributed by atoms with Gasteiger partial charge in [0.05, 0.1) is 7.11 Å². The van der Waals surface area contributed by atoms with E-state index in [0.29, 0.717) is 5.92 Å². The first-order valence-corrected chi connectivity index (χ1v) is 8.62. The molecule has 0 saturated carbocycles. The van der Waals surface area contributed by atoms with Crippen LogP contribution in [0.3, 0.4) is 0 Å². The molecule has 0 aliphatic carbocycles. The average Bonchev–Trinajstić information content (AvgIpc) is 1.98. The van der Waals surface area contributed by atoms with Gasteiger partial charge in [0.1, 0.15) is 14.3 Å². The third-order valence-electron chi connectivity index (χ3n) is 1.80. The third-order valence-corrected chi connectivity index (χ3v) is 3.01. The second-order valence-electron chi connectivity index (χ2n) is 5.10. The molecule has 0 fully saturated rings. The lowest BCUT2D eigenvalue weighted by Gasteiger charge is -2.26. The van der Waals surface area contributed by atoms with Gasteiger partial charge in [0.15, 0.2) is 0 Å². The van der Waals surface area contributed by atoms with Gasteiger partial charge in [0.25, 0.3) is 0 Å². The third kappa shape index (κ3) is 6.15. The monoisotopic (exact) mass is 217 g/mol. The van der Waals surface area contributed by atoms with Gasteiger partial charge >= 0.3 is 5.97 Å². The van der Waals surface area contributed by atoms with Crippen molar-refractivity contribution in [3.8, 4) is 0 Å². The summed E-state index contributed by atoms with van der Waals surface area (Å²) >= 11 is 0. The minimum Gasteiger partial charge on any atom is -0.468 e. The number of methoxy groups -OCH3 is 1. The molecule has 0 rings (SSSR count). The molecule has 0 aromatic carbocycles. The van der Waals surface area contributed by atoms with Crippen molar-refractivity contribution in [1.29, 1.82) is 0 Å². The number of carbonyl (C=O) groups excluding carboxylic acids is 1. The van der Waals surface area contributed by atoms with E-state index in [0.717, 1.165) is 6.42 Å². The minimum absolute atomic E-state index is 0.133. The van der Waals surface area contributed by atoms with Gasteiger partial charge in [0.2, 0.25) is 0 Å². The number of rotatable bonds is 5. The summed E-state index contributed by atoms with van der Waals surface area (Å²) < 4.78 is 4.78. The maximum atomic E-state index is 11.5. The van der Waals surface area contributed by atoms with E-state index < -0.39 is 8.24 Å². The largest absolute Gasteiger partial charge is 0.468 e. The zero-order chi connectivity index (χ0) is 11.4. The van der Waals surface area contributed by atoms with Crippen molar-refractivity contribution >= 4 is 14.2 Å². The van der Waals surface area contributed by atoms with Gasteiger partial charge < -0.3 is 9.72 Å². The molecule has 0 aliphatic rings. The maximum absolute atomic E-state index is 11.5. The summed E-state index contributed by atoms with van der Waals surface area (Å²) in [7, 11) is 0.0290. The lowest BCUT2D eigenvalue weighted by Crippen LogP contribution is -2.52. The van der Waals surface area contributed by atoms with Crippen LogP contribution in [0, 0.1) is 5.92 Å². The molecule has 4 heteroatoms. The molecule has 0 spiro atoms. The first-order chi connectivity index (χ1) is 6.26. The van der Waals surface area contributed by atoms with Crippen molar-refractivity contribution in [2.75, 3.05) is 7.11 Å². The van der Waals surface area contributed by atoms with Crippen LogP contribution in [0.2, 0.25) is 19.6 Å². The normalized spacial score (nSPS) is 14.2. The van der Waals surface area contributed by atoms with E-state index in [2.05, 4.69) is 38.5 Å². The summed E-state index contributed by atoms with van der Waals surface area (Å²) in [6.07, 6.45) is 0.844. The molecule has 1 atom stereocenters. The molecule has 0 heterocycles. The van der Waals surface area contributed by atoms with Crippen molar-refractivity contribution in [2.24, 2.45) is 5.92 Å². The van der Waals surface area contributed by atoms with E-state index in [1.165, 1.54) is 7.11 Å². The Labute approximate surface area is 88.3 Å². The smallest absolute Gasteiger partial charge is 0.322 e. The number of nitrogens with one attached hydrogen (secondary N) is 1. The van der Waals surface area contributed by atoms with Crippen LogP contribution >= 0.6 is 0 Å². The van der Waals surface area contributed by atoms with Crippen LogP contribution in [0.25, 0.3) is 0 Å². The van der Waals surface area contributed by atoms with Gasteiger partial charge in [-0.1, -0.05) is 33.5 Å². The minimum atomic E-state index is -1.42. The number of carbonyl (C=O) groups is 1. The quantitative estimate of drug-likeness (QED) is 0.565. The first kappa shape index (κ1) is 13.6. The molecule has 0 aliphatic heterocycles. The molecule has 1 unspecified atom stereocenters. The highest BCUT2D eigenvalue weighted by atomic mass is 28.3. The Kier molecular flexibility index (Phi) is 5.37. The standard InChI is InChI=1S/C10H23NO2Si/c1-8(2)7-9(10(12)13-3)11-14(4,5)6/h8-9,11H,7H2,1-6H3. The molecule has 0 saturated heterocycles. The van der Waals surface area contributed by atoms with Crippen LogP contribution in [-0.4, -0.2) is 27.4 Å². The second-order valence-corrected chi connectivity index (χ2v) is 9.89. The zero-order valence-corrected chi connectivity index (χ0v) is 11.2. The van der Waals surface area contributed by atoms with Gasteiger partial charge in [-0.05, 0) is 12.3 Å². The summed E-state index contributed by atoms with van der Waals surface area (Å²) in [5.41, 5.74) is 0. The topological polar surface area (TPSA) is 38.3 Å². The Morgan fingerprint density at radius 2 is 1.86 bits per heavy atom. The molecule has 0 aromatic rings. The predicted octanol–water partition coefficient (Wildman–Crippen LogP) is 2.00. The Bertz CT molecular complexity index is 187. The van der Waals surface area contributed by atoms with Crippen LogP contribution < -0.4 is 4.98 Å². The number of hydrogen-bond acceptors (Lipinski definition) is 3. The van der Waals surface area contributed by atoms with Crippen LogP contribution in [0.1, 0.15) is 20.3 Å². The summed E-state index contributed by atoms with van der Waals surface area (Å²) in [6.45, 7) is 10.8. The van der Waals surface area contributed by atoms with E-state index in [9.17, 15) is 4.79 Å². The Hall–Kier alpha value is -0.353. The van der Waals surface area contributed by atoms with Crippen LogP contribution in [0.5, 0.6) is 0 Å². The lowest BCUT2D eigenvalue weighted by molar-refractivity contribution is -0.143. The molecule has 1 N–H and O–H groups in total. The zero-order valence-electron chi connectivity index (χ0n) is 10.2. The van der Waals surface area contributed by atoms with E-state index >= 15 is 0 Å². The molecular formula is C10H23NO2Si. The first-order valence-electron chi connectivity index (χ1n) is 5.12. The van der Waals surface area contributed by atoms with Gasteiger partial charge in [-0.15, -0.1) is 0 Å². The van der Waals surface area contributed by atoms with Crippen molar-refractivity contribution in [3.63, 3.8) is 0 Å². The number of ether oxygens (including phenoxy) is 1. The summed E-state index contributed by atoms with van der Waals surface area (Å²) in [6, 6.07) is -0.133. The Morgan fingerprint density at radius 1 is 1.36 bits per heavy atom. The highest BCUT2D eigenvalue weighted by molar-refractivity contribution is 6.73. The Balaban J connectivity index is 4.33. The van der Waals surface area contributed by atoms with Gasteiger partial charge in [-0.25, -0.2) is 0 Å². The SMILES string of the molecule is COC(=O)C(CC(C)C)N[Si](C)(C)C. The number of esters is 1. The molecule has 0 radical (unpaired) electrons. The molecule has 84 valence electrons. The van der Waals surface area contributed by atoms with E-state index in [-0.39, 0.29) is 12.0 Å². The van der Waals surface area contributed by atoms with Crippen LogP contribution in [0.4, 0.5) is 0 Å². The molecule has 0 aromatic heterocycles. The second kappa shape index (κ2) is 5.51. The molecule has 14 heavy (non-hydrogen) atoms. The summed E-state index contributed by atoms with van der Waals surface area (Å²) in [4.78, 5) is 14.9. The highest BCUT2D eigenvalue weighted by Crippen LogP contribution is 2.09. The van der Waals surface area contributed by atoms with Crippen molar-refractivity contribution < 1.29 is 9.53 Å². The molecule has 0 bridgehead atoms. The number of hydrogen-bond donors (Lipinski definition) is 1. The average molecular weight is 217 g/mol. The highest BCUT2D eigenvalue weighted by Gasteiger charge is 2.26. The fourth-order valence-electron chi connectivity index (χ4n) is 1.35. The van der Waals surface area contributed by atoms with E-state index in [1.54, 1.807) is 0 Å².